The number of carbonyl (C=O) groups is 1. The van der Waals surface area contributed by atoms with Gasteiger partial charge in [-0.15, -0.1) is 12.3 Å². The maximum atomic E-state index is 13.4. The number of benzene rings is 1. The van der Waals surface area contributed by atoms with Crippen LogP contribution in [0, 0.1) is 18.2 Å². The van der Waals surface area contributed by atoms with E-state index in [2.05, 4.69) is 11.2 Å². The van der Waals surface area contributed by atoms with Crippen LogP contribution in [0.15, 0.2) is 18.2 Å². The van der Waals surface area contributed by atoms with E-state index in [0.717, 1.165) is 12.8 Å². The molecule has 0 bridgehead atoms. The van der Waals surface area contributed by atoms with Crippen LogP contribution in [-0.2, 0) is 11.2 Å². The van der Waals surface area contributed by atoms with Crippen LogP contribution in [0.3, 0.4) is 0 Å². The smallest absolute Gasteiger partial charge is 0.224 e. The second kappa shape index (κ2) is 7.73. The number of nitrogens with one attached hydrogen (secondary N) is 1. The second-order valence-electron chi connectivity index (χ2n) is 3.89. The van der Waals surface area contributed by atoms with Gasteiger partial charge in [-0.25, -0.2) is 4.39 Å². The van der Waals surface area contributed by atoms with Crippen LogP contribution < -0.4 is 5.32 Å². The summed E-state index contributed by atoms with van der Waals surface area (Å²) >= 11 is 5.83. The van der Waals surface area contributed by atoms with Gasteiger partial charge in [0.15, 0.2) is 0 Å². The van der Waals surface area contributed by atoms with Crippen molar-refractivity contribution >= 4 is 17.5 Å². The van der Waals surface area contributed by atoms with Crippen LogP contribution >= 0.6 is 11.6 Å². The molecule has 1 N–H and O–H groups in total. The summed E-state index contributed by atoms with van der Waals surface area (Å²) in [7, 11) is 0. The number of amides is 1. The summed E-state index contributed by atoms with van der Waals surface area (Å²) < 4.78 is 13.4. The summed E-state index contributed by atoms with van der Waals surface area (Å²) in [5, 5.41) is 2.99. The van der Waals surface area contributed by atoms with E-state index < -0.39 is 5.82 Å². The lowest BCUT2D eigenvalue weighted by Crippen LogP contribution is -2.26. The Kier molecular flexibility index (Phi) is 6.24. The molecule has 4 heteroatoms. The zero-order chi connectivity index (χ0) is 13.4. The monoisotopic (exact) mass is 267 g/mol. The topological polar surface area (TPSA) is 29.1 Å². The fraction of sp³-hybridized carbons (Fsp3) is 0.357. The van der Waals surface area contributed by atoms with Crippen molar-refractivity contribution in [1.82, 2.24) is 5.32 Å². The predicted molar refractivity (Wildman–Crippen MR) is 70.8 cm³/mol. The molecule has 0 saturated carbocycles. The third-order valence-electron chi connectivity index (χ3n) is 2.47. The second-order valence-corrected chi connectivity index (χ2v) is 4.30. The molecule has 0 atom stereocenters. The van der Waals surface area contributed by atoms with Crippen LogP contribution in [0.5, 0.6) is 0 Å². The first-order valence-corrected chi connectivity index (χ1v) is 6.16. The van der Waals surface area contributed by atoms with Gasteiger partial charge in [-0.1, -0.05) is 17.7 Å². The molecular weight excluding hydrogens is 253 g/mol. The normalized spacial score (nSPS) is 9.83. The maximum Gasteiger partial charge on any atom is 0.224 e. The lowest BCUT2D eigenvalue weighted by atomic mass is 10.1. The molecule has 1 rings (SSSR count). The molecule has 96 valence electrons. The quantitative estimate of drug-likeness (QED) is 0.623. The van der Waals surface area contributed by atoms with E-state index in [0.29, 0.717) is 13.0 Å². The molecule has 0 aliphatic rings. The maximum absolute atomic E-state index is 13.4. The van der Waals surface area contributed by atoms with E-state index in [1.54, 1.807) is 6.07 Å². The van der Waals surface area contributed by atoms with E-state index in [4.69, 9.17) is 18.0 Å². The highest BCUT2D eigenvalue weighted by atomic mass is 35.5. The van der Waals surface area contributed by atoms with Crippen molar-refractivity contribution in [2.75, 3.05) is 6.54 Å². The Hall–Kier alpha value is -1.53. The summed E-state index contributed by atoms with van der Waals surface area (Å²) in [6.07, 6.45) is 7.47. The van der Waals surface area contributed by atoms with E-state index in [1.807, 2.05) is 0 Å². The van der Waals surface area contributed by atoms with Crippen molar-refractivity contribution in [3.8, 4) is 12.3 Å². The molecule has 1 aromatic rings. The minimum Gasteiger partial charge on any atom is -0.356 e. The largest absolute Gasteiger partial charge is 0.356 e. The number of hydrogen-bond acceptors (Lipinski definition) is 1. The van der Waals surface area contributed by atoms with Crippen molar-refractivity contribution in [2.45, 2.75) is 25.7 Å². The molecule has 0 spiro atoms. The van der Waals surface area contributed by atoms with Crippen molar-refractivity contribution in [1.29, 1.82) is 0 Å². The molecule has 18 heavy (non-hydrogen) atoms. The van der Waals surface area contributed by atoms with Crippen LogP contribution in [0.1, 0.15) is 24.8 Å². The molecule has 0 aliphatic heterocycles. The first kappa shape index (κ1) is 14.5. The molecule has 0 unspecified atom stereocenters. The molecule has 0 saturated heterocycles. The molecular formula is C14H15ClFNO. The Morgan fingerprint density at radius 2 is 2.22 bits per heavy atom. The predicted octanol–water partition coefficient (Wildman–Crippen LogP) is 2.94. The minimum atomic E-state index is -0.454. The van der Waals surface area contributed by atoms with Crippen LogP contribution in [0.25, 0.3) is 0 Å². The molecule has 0 fully saturated rings. The van der Waals surface area contributed by atoms with Gasteiger partial charge in [-0.05, 0) is 25.0 Å². The van der Waals surface area contributed by atoms with Crippen molar-refractivity contribution in [3.05, 3.63) is 34.6 Å². The summed E-state index contributed by atoms with van der Waals surface area (Å²) in [6, 6.07) is 4.38. The number of terminal acetylenes is 1. The first-order chi connectivity index (χ1) is 8.65. The number of carbonyl (C=O) groups excluding carboxylic acids is 1. The van der Waals surface area contributed by atoms with Gasteiger partial charge in [0.05, 0.1) is 6.42 Å². The summed E-state index contributed by atoms with van der Waals surface area (Å²) in [6.45, 7) is 0.548. The van der Waals surface area contributed by atoms with E-state index in [9.17, 15) is 9.18 Å². The number of hydrogen-bond donors (Lipinski definition) is 1. The number of halogens is 2. The molecule has 0 aromatic heterocycles. The highest BCUT2D eigenvalue weighted by molar-refractivity contribution is 6.31. The fourth-order valence-corrected chi connectivity index (χ4v) is 1.73. The molecule has 1 amide bonds. The Morgan fingerprint density at radius 3 is 2.89 bits per heavy atom. The molecule has 0 heterocycles. The van der Waals surface area contributed by atoms with Gasteiger partial charge in [0.2, 0.25) is 5.91 Å². The van der Waals surface area contributed by atoms with E-state index >= 15 is 0 Å². The number of unbranched alkanes of at least 4 members (excludes halogenated alkanes) is 2. The van der Waals surface area contributed by atoms with Gasteiger partial charge < -0.3 is 5.32 Å². The average molecular weight is 268 g/mol. The Morgan fingerprint density at radius 1 is 1.44 bits per heavy atom. The highest BCUT2D eigenvalue weighted by Gasteiger charge is 2.11. The van der Waals surface area contributed by atoms with Gasteiger partial charge in [0, 0.05) is 23.6 Å². The molecule has 0 radical (unpaired) electrons. The van der Waals surface area contributed by atoms with Crippen molar-refractivity contribution < 1.29 is 9.18 Å². The Balaban J connectivity index is 2.39. The third kappa shape index (κ3) is 4.77. The lowest BCUT2D eigenvalue weighted by Gasteiger charge is -2.07. The van der Waals surface area contributed by atoms with Crippen LogP contribution in [0.2, 0.25) is 5.02 Å². The Bertz CT molecular complexity index is 433. The Labute approximate surface area is 112 Å². The fourth-order valence-electron chi connectivity index (χ4n) is 1.50. The van der Waals surface area contributed by atoms with Crippen LogP contribution in [-0.4, -0.2) is 12.5 Å². The minimum absolute atomic E-state index is 0.0410. The average Bonchev–Trinajstić information content (AvgIpc) is 2.34. The summed E-state index contributed by atoms with van der Waals surface area (Å²) in [5.74, 6) is 1.84. The lowest BCUT2D eigenvalue weighted by molar-refractivity contribution is -0.120. The van der Waals surface area contributed by atoms with E-state index in [-0.39, 0.29) is 22.9 Å². The SMILES string of the molecule is C#CCCCCNC(=O)Cc1c(F)cccc1Cl. The molecule has 1 aromatic carbocycles. The standard InChI is InChI=1S/C14H15ClFNO/c1-2-3-4-5-9-17-14(18)10-11-12(15)7-6-8-13(11)16/h1,6-8H,3-5,9-10H2,(H,17,18). The van der Waals surface area contributed by atoms with Gasteiger partial charge >= 0.3 is 0 Å². The zero-order valence-electron chi connectivity index (χ0n) is 10.0. The molecule has 0 aliphatic carbocycles. The third-order valence-corrected chi connectivity index (χ3v) is 2.82. The molecule has 2 nitrogen and oxygen atoms in total. The van der Waals surface area contributed by atoms with E-state index in [1.165, 1.54) is 12.1 Å². The van der Waals surface area contributed by atoms with Crippen molar-refractivity contribution in [2.24, 2.45) is 0 Å². The highest BCUT2D eigenvalue weighted by Crippen LogP contribution is 2.19. The summed E-state index contributed by atoms with van der Waals surface area (Å²) in [5.41, 5.74) is 0.236. The first-order valence-electron chi connectivity index (χ1n) is 5.78. The summed E-state index contributed by atoms with van der Waals surface area (Å²) in [4.78, 5) is 11.6. The van der Waals surface area contributed by atoms with Gasteiger partial charge in [0.1, 0.15) is 5.82 Å². The van der Waals surface area contributed by atoms with Crippen molar-refractivity contribution in [3.63, 3.8) is 0 Å². The number of rotatable bonds is 6. The van der Waals surface area contributed by atoms with Crippen LogP contribution in [0.4, 0.5) is 4.39 Å². The zero-order valence-corrected chi connectivity index (χ0v) is 10.8. The van der Waals surface area contributed by atoms with Gasteiger partial charge in [-0.3, -0.25) is 4.79 Å². The van der Waals surface area contributed by atoms with Gasteiger partial charge in [-0.2, -0.15) is 0 Å². The van der Waals surface area contributed by atoms with Gasteiger partial charge in [0.25, 0.3) is 0 Å².